The van der Waals surface area contributed by atoms with Crippen LogP contribution in [0.15, 0.2) is 23.1 Å². The van der Waals surface area contributed by atoms with Crippen molar-refractivity contribution < 1.29 is 27.8 Å². The van der Waals surface area contributed by atoms with Crippen LogP contribution in [-0.2, 0) is 14.8 Å². The van der Waals surface area contributed by atoms with Crippen LogP contribution in [0.2, 0.25) is 0 Å². The Morgan fingerprint density at radius 2 is 2.11 bits per heavy atom. The van der Waals surface area contributed by atoms with E-state index >= 15 is 0 Å². The van der Waals surface area contributed by atoms with Gasteiger partial charge in [-0.25, -0.2) is 18.4 Å². The summed E-state index contributed by atoms with van der Waals surface area (Å²) in [5.74, 6) is -1.25. The smallest absolute Gasteiger partial charge is 0.335 e. The molecule has 0 aliphatic heterocycles. The highest BCUT2D eigenvalue weighted by Gasteiger charge is 2.18. The molecule has 0 saturated heterocycles. The van der Waals surface area contributed by atoms with Gasteiger partial charge in [0.2, 0.25) is 10.0 Å². The Morgan fingerprint density at radius 3 is 2.58 bits per heavy atom. The first-order valence-electron chi connectivity index (χ1n) is 5.31. The van der Waals surface area contributed by atoms with E-state index in [4.69, 9.17) is 19.7 Å². The summed E-state index contributed by atoms with van der Waals surface area (Å²) in [6.07, 6.45) is -0.243. The fourth-order valence-corrected chi connectivity index (χ4v) is 1.96. The zero-order valence-corrected chi connectivity index (χ0v) is 11.3. The molecule has 1 unspecified atom stereocenters. The minimum Gasteiger partial charge on any atom is -0.489 e. The summed E-state index contributed by atoms with van der Waals surface area (Å²) < 4.78 is 33.1. The number of carboxylic acids is 1. The number of carbonyl (C=O) groups is 1. The minimum atomic E-state index is -4.07. The number of benzene rings is 1. The number of sulfonamides is 1. The number of aromatic carboxylic acids is 1. The fraction of sp³-hybridized carbons (Fsp3) is 0.364. The number of primary sulfonamides is 1. The van der Waals surface area contributed by atoms with E-state index in [0.29, 0.717) is 0 Å². The molecule has 0 spiro atoms. The third kappa shape index (κ3) is 4.19. The van der Waals surface area contributed by atoms with Crippen LogP contribution in [0.5, 0.6) is 5.75 Å². The lowest BCUT2D eigenvalue weighted by Gasteiger charge is -2.14. The molecule has 19 heavy (non-hydrogen) atoms. The highest BCUT2D eigenvalue weighted by atomic mass is 32.2. The monoisotopic (exact) mass is 289 g/mol. The molecule has 1 atom stereocenters. The lowest BCUT2D eigenvalue weighted by molar-refractivity contribution is 0.0689. The summed E-state index contributed by atoms with van der Waals surface area (Å²) in [7, 11) is -2.59. The van der Waals surface area contributed by atoms with Gasteiger partial charge in [0.25, 0.3) is 0 Å². The predicted molar refractivity (Wildman–Crippen MR) is 66.7 cm³/mol. The zero-order valence-electron chi connectivity index (χ0n) is 10.5. The van der Waals surface area contributed by atoms with Gasteiger partial charge in [0.15, 0.2) is 0 Å². The Labute approximate surface area is 111 Å². The SMILES string of the molecule is COC(C)COc1ccc(C(=O)O)cc1S(N)(=O)=O. The van der Waals surface area contributed by atoms with Gasteiger partial charge in [0.1, 0.15) is 17.3 Å². The van der Waals surface area contributed by atoms with Crippen LogP contribution >= 0.6 is 0 Å². The molecule has 0 bridgehead atoms. The maximum absolute atomic E-state index is 11.4. The van der Waals surface area contributed by atoms with E-state index in [-0.39, 0.29) is 28.9 Å². The number of hydrogen-bond donors (Lipinski definition) is 2. The molecule has 1 aromatic rings. The van der Waals surface area contributed by atoms with Crippen LogP contribution in [0.25, 0.3) is 0 Å². The number of nitrogens with two attached hydrogens (primary N) is 1. The Hall–Kier alpha value is -1.64. The van der Waals surface area contributed by atoms with Crippen LogP contribution < -0.4 is 9.88 Å². The second-order valence-corrected chi connectivity index (χ2v) is 5.40. The first-order valence-corrected chi connectivity index (χ1v) is 6.86. The molecular weight excluding hydrogens is 274 g/mol. The van der Waals surface area contributed by atoms with Crippen LogP contribution in [-0.4, -0.2) is 39.3 Å². The molecule has 0 aliphatic carbocycles. The van der Waals surface area contributed by atoms with Gasteiger partial charge in [0, 0.05) is 7.11 Å². The molecule has 8 heteroatoms. The second kappa shape index (κ2) is 6.00. The molecule has 0 heterocycles. The van der Waals surface area contributed by atoms with E-state index in [0.717, 1.165) is 6.07 Å². The molecule has 0 saturated carbocycles. The maximum atomic E-state index is 11.4. The van der Waals surface area contributed by atoms with Crippen molar-refractivity contribution in [1.29, 1.82) is 0 Å². The summed E-state index contributed by atoms with van der Waals surface area (Å²) in [6, 6.07) is 3.46. The summed E-state index contributed by atoms with van der Waals surface area (Å²) in [6.45, 7) is 1.85. The van der Waals surface area contributed by atoms with Gasteiger partial charge in [0.05, 0.1) is 11.7 Å². The number of carboxylic acid groups (broad SMARTS) is 1. The highest BCUT2D eigenvalue weighted by molar-refractivity contribution is 7.89. The van der Waals surface area contributed by atoms with Crippen molar-refractivity contribution in [2.75, 3.05) is 13.7 Å². The van der Waals surface area contributed by atoms with Gasteiger partial charge in [-0.1, -0.05) is 0 Å². The van der Waals surface area contributed by atoms with Gasteiger partial charge in [-0.05, 0) is 25.1 Å². The second-order valence-electron chi connectivity index (χ2n) is 3.87. The number of rotatable bonds is 6. The van der Waals surface area contributed by atoms with Gasteiger partial charge < -0.3 is 14.6 Å². The first kappa shape index (κ1) is 15.4. The number of hydrogen-bond acceptors (Lipinski definition) is 5. The van der Waals surface area contributed by atoms with Gasteiger partial charge >= 0.3 is 5.97 Å². The predicted octanol–water partition coefficient (Wildman–Crippen LogP) is 0.446. The summed E-state index contributed by atoms with van der Waals surface area (Å²) in [5, 5.41) is 13.9. The van der Waals surface area contributed by atoms with E-state index in [1.807, 2.05) is 0 Å². The topological polar surface area (TPSA) is 116 Å². The lowest BCUT2D eigenvalue weighted by Crippen LogP contribution is -2.19. The Balaban J connectivity index is 3.14. The molecule has 106 valence electrons. The Bertz CT molecular complexity index is 569. The average Bonchev–Trinajstić information content (AvgIpc) is 2.34. The molecule has 0 aromatic heterocycles. The van der Waals surface area contributed by atoms with Crippen molar-refractivity contribution >= 4 is 16.0 Å². The minimum absolute atomic E-state index is 0.00333. The van der Waals surface area contributed by atoms with Crippen LogP contribution in [0, 0.1) is 0 Å². The van der Waals surface area contributed by atoms with Crippen molar-refractivity contribution in [2.24, 2.45) is 5.14 Å². The molecule has 1 rings (SSSR count). The molecule has 0 fully saturated rings. The number of methoxy groups -OCH3 is 1. The van der Waals surface area contributed by atoms with E-state index < -0.39 is 16.0 Å². The molecular formula is C11H15NO6S. The molecule has 7 nitrogen and oxygen atoms in total. The Kier molecular flexibility index (Phi) is 4.87. The highest BCUT2D eigenvalue weighted by Crippen LogP contribution is 2.24. The lowest BCUT2D eigenvalue weighted by atomic mass is 10.2. The van der Waals surface area contributed by atoms with Crippen LogP contribution in [0.4, 0.5) is 0 Å². The van der Waals surface area contributed by atoms with Gasteiger partial charge in [-0.3, -0.25) is 0 Å². The maximum Gasteiger partial charge on any atom is 0.335 e. The van der Waals surface area contributed by atoms with Gasteiger partial charge in [-0.2, -0.15) is 0 Å². The third-order valence-corrected chi connectivity index (χ3v) is 3.31. The zero-order chi connectivity index (χ0) is 14.6. The summed E-state index contributed by atoms with van der Waals surface area (Å²) in [4.78, 5) is 10.4. The third-order valence-electron chi connectivity index (χ3n) is 2.37. The van der Waals surface area contributed by atoms with Crippen molar-refractivity contribution in [3.05, 3.63) is 23.8 Å². The van der Waals surface area contributed by atoms with Crippen molar-refractivity contribution in [1.82, 2.24) is 0 Å². The van der Waals surface area contributed by atoms with Crippen molar-refractivity contribution in [3.8, 4) is 5.75 Å². The van der Waals surface area contributed by atoms with E-state index in [1.165, 1.54) is 19.2 Å². The molecule has 0 radical (unpaired) electrons. The van der Waals surface area contributed by atoms with Crippen molar-refractivity contribution in [3.63, 3.8) is 0 Å². The first-order chi connectivity index (χ1) is 8.75. The van der Waals surface area contributed by atoms with E-state index in [1.54, 1.807) is 6.92 Å². The van der Waals surface area contributed by atoms with Crippen molar-refractivity contribution in [2.45, 2.75) is 17.9 Å². The normalized spacial score (nSPS) is 13.0. The Morgan fingerprint density at radius 1 is 1.47 bits per heavy atom. The van der Waals surface area contributed by atoms with Gasteiger partial charge in [-0.15, -0.1) is 0 Å². The molecule has 3 N–H and O–H groups in total. The average molecular weight is 289 g/mol. The number of ether oxygens (including phenoxy) is 2. The molecule has 0 aliphatic rings. The quantitative estimate of drug-likeness (QED) is 0.785. The molecule has 1 aromatic carbocycles. The summed E-state index contributed by atoms with van der Waals surface area (Å²) >= 11 is 0. The van der Waals surface area contributed by atoms with Crippen LogP contribution in [0.1, 0.15) is 17.3 Å². The van der Waals surface area contributed by atoms with E-state index in [2.05, 4.69) is 0 Å². The fourth-order valence-electron chi connectivity index (χ4n) is 1.26. The van der Waals surface area contributed by atoms with E-state index in [9.17, 15) is 13.2 Å². The molecule has 0 amide bonds. The largest absolute Gasteiger partial charge is 0.489 e. The summed E-state index contributed by atoms with van der Waals surface area (Å²) in [5.41, 5.74) is -0.184. The van der Waals surface area contributed by atoms with Crippen LogP contribution in [0.3, 0.4) is 0 Å². The standard InChI is InChI=1S/C11H15NO6S/c1-7(17-2)6-18-9-4-3-8(11(13)14)5-10(9)19(12,15)16/h3-5,7H,6H2,1-2H3,(H,13,14)(H2,12,15,16).